The van der Waals surface area contributed by atoms with Crippen molar-refractivity contribution in [1.82, 2.24) is 0 Å². The minimum absolute atomic E-state index is 0.745. The van der Waals surface area contributed by atoms with Crippen LogP contribution in [0.2, 0.25) is 0 Å². The second kappa shape index (κ2) is 6.01. The maximum absolute atomic E-state index is 2.34. The molecule has 0 aromatic heterocycles. The molecule has 0 bridgehead atoms. The van der Waals surface area contributed by atoms with Crippen molar-refractivity contribution in [3.63, 3.8) is 0 Å². The number of rotatable bonds is 4. The average molecular weight is 320 g/mol. The van der Waals surface area contributed by atoms with Crippen molar-refractivity contribution in [3.05, 3.63) is 33.4 Å². The predicted octanol–water partition coefficient (Wildman–Crippen LogP) is 4.57. The highest BCUT2D eigenvalue weighted by Gasteiger charge is 2.07. The summed E-state index contributed by atoms with van der Waals surface area (Å²) in [7, 11) is 0. The summed E-state index contributed by atoms with van der Waals surface area (Å²) in [6, 6.07) is 8.80. The van der Waals surface area contributed by atoms with Gasteiger partial charge in [-0.1, -0.05) is 32.9 Å². The number of benzene rings is 1. The first kappa shape index (κ1) is 12.4. The number of hydrogen-bond donors (Lipinski definition) is 0. The van der Waals surface area contributed by atoms with Crippen LogP contribution in [-0.2, 0) is 5.75 Å². The molecule has 14 heavy (non-hydrogen) atoms. The molecule has 0 aliphatic heterocycles. The maximum atomic E-state index is 2.34. The van der Waals surface area contributed by atoms with E-state index in [1.807, 2.05) is 11.8 Å². The molecule has 1 unspecified atom stereocenters. The van der Waals surface area contributed by atoms with Gasteiger partial charge in [0.05, 0.1) is 0 Å². The van der Waals surface area contributed by atoms with Gasteiger partial charge in [-0.15, -0.1) is 0 Å². The van der Waals surface area contributed by atoms with Crippen LogP contribution in [0, 0.1) is 9.49 Å². The van der Waals surface area contributed by atoms with Gasteiger partial charge in [0.1, 0.15) is 0 Å². The Kier molecular flexibility index (Phi) is 5.31. The molecule has 1 atom stereocenters. The summed E-state index contributed by atoms with van der Waals surface area (Å²) in [5, 5.41) is 0.745. The fourth-order valence-electron chi connectivity index (χ4n) is 1.00. The molecule has 0 fully saturated rings. The quantitative estimate of drug-likeness (QED) is 0.733. The van der Waals surface area contributed by atoms with E-state index in [4.69, 9.17) is 0 Å². The molecule has 0 N–H and O–H groups in total. The first-order chi connectivity index (χ1) is 6.59. The summed E-state index contributed by atoms with van der Waals surface area (Å²) in [5.74, 6) is 1.90. The van der Waals surface area contributed by atoms with E-state index < -0.39 is 0 Å². The summed E-state index contributed by atoms with van der Waals surface area (Å²) in [4.78, 5) is 0. The molecule has 0 saturated carbocycles. The molecule has 0 heterocycles. The molecule has 2 heteroatoms. The van der Waals surface area contributed by atoms with Crippen molar-refractivity contribution in [2.75, 3.05) is 0 Å². The van der Waals surface area contributed by atoms with Crippen LogP contribution in [0.1, 0.15) is 26.3 Å². The van der Waals surface area contributed by atoms with Gasteiger partial charge in [0, 0.05) is 14.6 Å². The Hall–Kier alpha value is 0.300. The predicted molar refractivity (Wildman–Crippen MR) is 74.8 cm³/mol. The monoisotopic (exact) mass is 320 g/mol. The van der Waals surface area contributed by atoms with E-state index in [-0.39, 0.29) is 0 Å². The van der Waals surface area contributed by atoms with Gasteiger partial charge in [-0.2, -0.15) is 11.8 Å². The largest absolute Gasteiger partial charge is 0.154 e. The number of thioether (sulfide) groups is 1. The normalized spacial score (nSPS) is 13.2. The molecule has 0 aliphatic carbocycles. The molecule has 0 saturated heterocycles. The molecular formula is C12H17IS. The van der Waals surface area contributed by atoms with Gasteiger partial charge in [-0.3, -0.25) is 0 Å². The lowest BCUT2D eigenvalue weighted by atomic mass is 10.2. The zero-order valence-corrected chi connectivity index (χ0v) is 11.9. The smallest absolute Gasteiger partial charge is 0.0187 e. The highest BCUT2D eigenvalue weighted by Crippen LogP contribution is 2.23. The molecule has 0 nitrogen and oxygen atoms in total. The second-order valence-electron chi connectivity index (χ2n) is 3.89. The third kappa shape index (κ3) is 4.22. The molecular weight excluding hydrogens is 303 g/mol. The summed E-state index contributed by atoms with van der Waals surface area (Å²) in [6.07, 6.45) is 0. The molecule has 0 spiro atoms. The van der Waals surface area contributed by atoms with E-state index in [9.17, 15) is 0 Å². The van der Waals surface area contributed by atoms with Crippen LogP contribution >= 0.6 is 34.4 Å². The first-order valence-corrected chi connectivity index (χ1v) is 7.08. The Bertz CT molecular complexity index is 266. The van der Waals surface area contributed by atoms with E-state index in [1.54, 1.807) is 0 Å². The van der Waals surface area contributed by atoms with E-state index in [0.717, 1.165) is 16.9 Å². The molecule has 1 rings (SSSR count). The SMILES string of the molecule is CC(C)C(C)SCc1ccc(I)cc1. The number of hydrogen-bond acceptors (Lipinski definition) is 1. The Balaban J connectivity index is 2.42. The van der Waals surface area contributed by atoms with Crippen LogP contribution in [0.15, 0.2) is 24.3 Å². The van der Waals surface area contributed by atoms with Crippen LogP contribution in [-0.4, -0.2) is 5.25 Å². The molecule has 0 amide bonds. The van der Waals surface area contributed by atoms with Gasteiger partial charge in [0.15, 0.2) is 0 Å². The lowest BCUT2D eigenvalue weighted by molar-refractivity contribution is 0.642. The molecule has 1 aromatic rings. The van der Waals surface area contributed by atoms with Crippen molar-refractivity contribution in [2.45, 2.75) is 31.8 Å². The number of halogens is 1. The fourth-order valence-corrected chi connectivity index (χ4v) is 2.39. The van der Waals surface area contributed by atoms with Gasteiger partial charge >= 0.3 is 0 Å². The van der Waals surface area contributed by atoms with Gasteiger partial charge in [0.25, 0.3) is 0 Å². The van der Waals surface area contributed by atoms with Crippen LogP contribution in [0.5, 0.6) is 0 Å². The van der Waals surface area contributed by atoms with E-state index in [2.05, 4.69) is 67.6 Å². The summed E-state index contributed by atoms with van der Waals surface area (Å²) in [5.41, 5.74) is 1.43. The standard InChI is InChI=1S/C12H17IS/c1-9(2)10(3)14-8-11-4-6-12(13)7-5-11/h4-7,9-10H,8H2,1-3H3. The van der Waals surface area contributed by atoms with Crippen molar-refractivity contribution < 1.29 is 0 Å². The van der Waals surface area contributed by atoms with E-state index >= 15 is 0 Å². The summed E-state index contributed by atoms with van der Waals surface area (Å²) in [6.45, 7) is 6.87. The molecule has 78 valence electrons. The molecule has 0 aliphatic rings. The van der Waals surface area contributed by atoms with Gasteiger partial charge < -0.3 is 0 Å². The Morgan fingerprint density at radius 1 is 1.14 bits per heavy atom. The maximum Gasteiger partial charge on any atom is 0.0187 e. The topological polar surface area (TPSA) is 0 Å². The Morgan fingerprint density at radius 3 is 2.21 bits per heavy atom. The lowest BCUT2D eigenvalue weighted by Crippen LogP contribution is -2.05. The van der Waals surface area contributed by atoms with Crippen LogP contribution in [0.4, 0.5) is 0 Å². The summed E-state index contributed by atoms with van der Waals surface area (Å²) >= 11 is 4.38. The van der Waals surface area contributed by atoms with Gasteiger partial charge in [-0.05, 0) is 46.2 Å². The van der Waals surface area contributed by atoms with Crippen molar-refractivity contribution >= 4 is 34.4 Å². The van der Waals surface area contributed by atoms with Crippen molar-refractivity contribution in [3.8, 4) is 0 Å². The Labute approximate surface area is 105 Å². The highest BCUT2D eigenvalue weighted by atomic mass is 127. The van der Waals surface area contributed by atoms with Crippen LogP contribution < -0.4 is 0 Å². The Morgan fingerprint density at radius 2 is 1.71 bits per heavy atom. The van der Waals surface area contributed by atoms with Gasteiger partial charge in [0.2, 0.25) is 0 Å². The van der Waals surface area contributed by atoms with Crippen molar-refractivity contribution in [1.29, 1.82) is 0 Å². The van der Waals surface area contributed by atoms with Crippen LogP contribution in [0.3, 0.4) is 0 Å². The fraction of sp³-hybridized carbons (Fsp3) is 0.500. The minimum atomic E-state index is 0.745. The summed E-state index contributed by atoms with van der Waals surface area (Å²) < 4.78 is 1.31. The zero-order valence-electron chi connectivity index (χ0n) is 8.96. The second-order valence-corrected chi connectivity index (χ2v) is 6.50. The van der Waals surface area contributed by atoms with Gasteiger partial charge in [-0.25, -0.2) is 0 Å². The van der Waals surface area contributed by atoms with Crippen molar-refractivity contribution in [2.24, 2.45) is 5.92 Å². The van der Waals surface area contributed by atoms with E-state index in [0.29, 0.717) is 0 Å². The average Bonchev–Trinajstić information content (AvgIpc) is 2.16. The molecule has 0 radical (unpaired) electrons. The third-order valence-electron chi connectivity index (χ3n) is 2.36. The minimum Gasteiger partial charge on any atom is -0.154 e. The third-order valence-corrected chi connectivity index (χ3v) is 4.65. The first-order valence-electron chi connectivity index (χ1n) is 4.95. The van der Waals surface area contributed by atoms with E-state index in [1.165, 1.54) is 9.13 Å². The molecule has 1 aromatic carbocycles. The van der Waals surface area contributed by atoms with Crippen LogP contribution in [0.25, 0.3) is 0 Å². The zero-order chi connectivity index (χ0) is 10.6. The highest BCUT2D eigenvalue weighted by molar-refractivity contribution is 14.1. The lowest BCUT2D eigenvalue weighted by Gasteiger charge is -2.14.